The van der Waals surface area contributed by atoms with E-state index in [2.05, 4.69) is 38.6 Å². The summed E-state index contributed by atoms with van der Waals surface area (Å²) in [5.41, 5.74) is 3.64. The number of rotatable bonds is 5. The molecular formula is C35H32N6O6. The van der Waals surface area contributed by atoms with E-state index in [0.717, 1.165) is 16.6 Å². The first-order valence-corrected chi connectivity index (χ1v) is 15.6. The number of carbonyl (C=O) groups is 1. The van der Waals surface area contributed by atoms with E-state index in [1.807, 2.05) is 42.5 Å². The van der Waals surface area contributed by atoms with E-state index in [-0.39, 0.29) is 19.0 Å². The minimum atomic E-state index is -0.973. The summed E-state index contributed by atoms with van der Waals surface area (Å²) in [4.78, 5) is 34.8. The number of hydrogen-bond donors (Lipinski definition) is 1. The molecule has 12 heteroatoms. The van der Waals surface area contributed by atoms with Crippen LogP contribution in [0.15, 0.2) is 65.5 Å². The van der Waals surface area contributed by atoms with Gasteiger partial charge in [-0.05, 0) is 44.2 Å². The molecule has 5 aromatic rings. The summed E-state index contributed by atoms with van der Waals surface area (Å²) in [6, 6.07) is 12.4. The number of ether oxygens (including phenoxy) is 3. The Morgan fingerprint density at radius 1 is 1.09 bits per heavy atom. The number of aryl methyl sites for hydroxylation is 1. The number of pyridine rings is 2. The standard InChI is InChI=1S/C35H32N6O6/c1-21-35(19-44-20-35)45-13-12-40(21)27-14-24(10-9-23-6-5-11-36-16-23)17-37-33(27)46-25-15-28(34(42)43)41(18-25)32-31-30(38-22(2)39-32)26-7-3-4-8-29(26)47-31/h3-8,11,14,16-17,21,25,28H,12-13,15,18-20H2,1-2H3,(H,42,43)/t21-,25-,28-/m0/s1. The van der Waals surface area contributed by atoms with Gasteiger partial charge in [0.2, 0.25) is 5.88 Å². The summed E-state index contributed by atoms with van der Waals surface area (Å²) >= 11 is 0. The molecule has 12 nitrogen and oxygen atoms in total. The molecule has 47 heavy (non-hydrogen) atoms. The molecule has 4 aromatic heterocycles. The van der Waals surface area contributed by atoms with Gasteiger partial charge in [0.1, 0.15) is 40.4 Å². The van der Waals surface area contributed by atoms with E-state index < -0.39 is 23.7 Å². The maximum Gasteiger partial charge on any atom is 0.326 e. The van der Waals surface area contributed by atoms with E-state index >= 15 is 0 Å². The lowest BCUT2D eigenvalue weighted by molar-refractivity contribution is -0.228. The van der Waals surface area contributed by atoms with E-state index in [9.17, 15) is 9.90 Å². The zero-order valence-corrected chi connectivity index (χ0v) is 25.9. The molecule has 8 rings (SSSR count). The van der Waals surface area contributed by atoms with Crippen LogP contribution in [0.3, 0.4) is 0 Å². The second kappa shape index (κ2) is 11.5. The quantitative estimate of drug-likeness (QED) is 0.281. The molecule has 0 amide bonds. The van der Waals surface area contributed by atoms with Gasteiger partial charge in [-0.3, -0.25) is 4.98 Å². The fourth-order valence-corrected chi connectivity index (χ4v) is 6.68. The Morgan fingerprint density at radius 2 is 1.94 bits per heavy atom. The van der Waals surface area contributed by atoms with Crippen molar-refractivity contribution in [1.29, 1.82) is 0 Å². The molecule has 0 aliphatic carbocycles. The van der Waals surface area contributed by atoms with Crippen LogP contribution >= 0.6 is 0 Å². The van der Waals surface area contributed by atoms with E-state index in [1.165, 1.54) is 0 Å². The van der Waals surface area contributed by atoms with E-state index in [4.69, 9.17) is 23.6 Å². The molecule has 0 radical (unpaired) electrons. The summed E-state index contributed by atoms with van der Waals surface area (Å²) in [6.45, 7) is 6.36. The first-order valence-electron chi connectivity index (χ1n) is 15.6. The molecule has 3 fully saturated rings. The van der Waals surface area contributed by atoms with Crippen molar-refractivity contribution in [2.75, 3.05) is 42.7 Å². The fraction of sp³-hybridized carbons (Fsp3) is 0.343. The van der Waals surface area contributed by atoms with Crippen molar-refractivity contribution < 1.29 is 28.5 Å². The number of para-hydroxylation sites is 1. The molecule has 3 saturated heterocycles. The molecule has 7 heterocycles. The number of aromatic nitrogens is 4. The maximum absolute atomic E-state index is 12.6. The Labute approximate surface area is 270 Å². The predicted molar refractivity (Wildman–Crippen MR) is 173 cm³/mol. The van der Waals surface area contributed by atoms with Gasteiger partial charge in [-0.2, -0.15) is 0 Å². The van der Waals surface area contributed by atoms with Crippen LogP contribution in [0.5, 0.6) is 5.88 Å². The number of anilines is 2. The third kappa shape index (κ3) is 5.17. The highest BCUT2D eigenvalue weighted by molar-refractivity contribution is 6.06. The number of carboxylic acid groups (broad SMARTS) is 1. The normalized spacial score (nSPS) is 21.9. The second-order valence-electron chi connectivity index (χ2n) is 12.2. The van der Waals surface area contributed by atoms with Crippen LogP contribution in [0.25, 0.3) is 22.1 Å². The van der Waals surface area contributed by atoms with Crippen LogP contribution in [0.2, 0.25) is 0 Å². The van der Waals surface area contributed by atoms with Gasteiger partial charge in [-0.15, -0.1) is 0 Å². The Balaban J connectivity index is 1.14. The number of aliphatic carboxylic acids is 1. The summed E-state index contributed by atoms with van der Waals surface area (Å²) < 4.78 is 24.6. The van der Waals surface area contributed by atoms with Crippen molar-refractivity contribution in [3.05, 3.63) is 78.0 Å². The lowest BCUT2D eigenvalue weighted by Crippen LogP contribution is -2.68. The minimum absolute atomic E-state index is 0.0205. The largest absolute Gasteiger partial charge is 0.480 e. The van der Waals surface area contributed by atoms with Crippen LogP contribution in [0.1, 0.15) is 30.3 Å². The molecule has 1 aromatic carbocycles. The van der Waals surface area contributed by atoms with Crippen LogP contribution in [-0.2, 0) is 14.3 Å². The van der Waals surface area contributed by atoms with E-state index in [0.29, 0.717) is 66.1 Å². The third-order valence-corrected chi connectivity index (χ3v) is 9.21. The topological polar surface area (TPSA) is 136 Å². The Morgan fingerprint density at radius 3 is 2.72 bits per heavy atom. The monoisotopic (exact) mass is 632 g/mol. The zero-order valence-electron chi connectivity index (χ0n) is 25.9. The third-order valence-electron chi connectivity index (χ3n) is 9.21. The highest BCUT2D eigenvalue weighted by Crippen LogP contribution is 2.40. The van der Waals surface area contributed by atoms with E-state index in [1.54, 1.807) is 30.4 Å². The molecule has 3 aliphatic heterocycles. The van der Waals surface area contributed by atoms with Gasteiger partial charge >= 0.3 is 5.97 Å². The minimum Gasteiger partial charge on any atom is -0.480 e. The van der Waals surface area contributed by atoms with Crippen molar-refractivity contribution in [2.24, 2.45) is 0 Å². The highest BCUT2D eigenvalue weighted by atomic mass is 16.6. The first-order chi connectivity index (χ1) is 22.9. The Kier molecular flexibility index (Phi) is 7.15. The van der Waals surface area contributed by atoms with Crippen molar-refractivity contribution >= 4 is 39.5 Å². The average Bonchev–Trinajstić information content (AvgIpc) is 3.66. The SMILES string of the molecule is Cc1nc(N2C[C@@H](Oc3ncc(C#Cc4cccnc4)cc3N3CCOC4(COC4)[C@@H]3C)C[C@H]2C(=O)O)c2oc3ccccc3c2n1. The lowest BCUT2D eigenvalue weighted by atomic mass is 9.90. The smallest absolute Gasteiger partial charge is 0.326 e. The number of carboxylic acids is 1. The van der Waals surface area contributed by atoms with Crippen LogP contribution < -0.4 is 14.5 Å². The van der Waals surface area contributed by atoms with Gasteiger partial charge in [-0.1, -0.05) is 24.0 Å². The highest BCUT2D eigenvalue weighted by Gasteiger charge is 2.50. The fourth-order valence-electron chi connectivity index (χ4n) is 6.68. The molecule has 1 spiro atoms. The number of morpholine rings is 1. The predicted octanol–water partition coefficient (Wildman–Crippen LogP) is 3.98. The van der Waals surface area contributed by atoms with Crippen molar-refractivity contribution in [3.63, 3.8) is 0 Å². The maximum atomic E-state index is 12.6. The average molecular weight is 633 g/mol. The lowest BCUT2D eigenvalue weighted by Gasteiger charge is -2.53. The molecule has 0 saturated carbocycles. The summed E-state index contributed by atoms with van der Waals surface area (Å²) in [5.74, 6) is 6.76. The van der Waals surface area contributed by atoms with Crippen LogP contribution in [0, 0.1) is 18.8 Å². The van der Waals surface area contributed by atoms with Crippen LogP contribution in [0.4, 0.5) is 11.5 Å². The molecule has 0 bridgehead atoms. The number of nitrogens with zero attached hydrogens (tertiary/aromatic N) is 6. The van der Waals surface area contributed by atoms with Gasteiger partial charge in [-0.25, -0.2) is 19.7 Å². The van der Waals surface area contributed by atoms with Gasteiger partial charge in [0.25, 0.3) is 0 Å². The number of hydrogen-bond acceptors (Lipinski definition) is 11. The molecule has 3 atom stereocenters. The first kappa shape index (κ1) is 29.2. The summed E-state index contributed by atoms with van der Waals surface area (Å²) in [5, 5.41) is 11.2. The number of furan rings is 1. The number of benzene rings is 1. The Bertz CT molecular complexity index is 2050. The number of fused-ring (bicyclic) bond motifs is 3. The zero-order chi connectivity index (χ0) is 32.1. The van der Waals surface area contributed by atoms with Crippen molar-refractivity contribution in [2.45, 2.75) is 44.1 Å². The van der Waals surface area contributed by atoms with Gasteiger partial charge in [0, 0.05) is 48.1 Å². The molecule has 0 unspecified atom stereocenters. The summed E-state index contributed by atoms with van der Waals surface area (Å²) in [6.07, 6.45) is 4.83. The van der Waals surface area contributed by atoms with Crippen LogP contribution in [-0.4, -0.2) is 87.7 Å². The van der Waals surface area contributed by atoms with Crippen molar-refractivity contribution in [1.82, 2.24) is 19.9 Å². The van der Waals surface area contributed by atoms with Gasteiger partial charge < -0.3 is 33.5 Å². The molecule has 238 valence electrons. The van der Waals surface area contributed by atoms with Gasteiger partial charge in [0.15, 0.2) is 11.4 Å². The van der Waals surface area contributed by atoms with Gasteiger partial charge in [0.05, 0.1) is 32.4 Å². The summed E-state index contributed by atoms with van der Waals surface area (Å²) in [7, 11) is 0. The molecule has 1 N–H and O–H groups in total. The molecular weight excluding hydrogens is 600 g/mol. The van der Waals surface area contributed by atoms with Crippen molar-refractivity contribution in [3.8, 4) is 17.7 Å². The molecule has 3 aliphatic rings. The second-order valence-corrected chi connectivity index (χ2v) is 12.2. The Hall–Kier alpha value is -5.25.